The van der Waals surface area contributed by atoms with Crippen LogP contribution in [-0.2, 0) is 19.0 Å². The van der Waals surface area contributed by atoms with Crippen LogP contribution in [0.1, 0.15) is 17.3 Å². The van der Waals surface area contributed by atoms with Crippen LogP contribution in [0.3, 0.4) is 0 Å². The van der Waals surface area contributed by atoms with Gasteiger partial charge in [0.25, 0.3) is 0 Å². The number of methoxy groups -OCH3 is 2. The number of ether oxygens (including phenoxy) is 4. The molecule has 7 nitrogen and oxygen atoms in total. The molecule has 1 N–H and O–H groups in total. The van der Waals surface area contributed by atoms with Crippen LogP contribution >= 0.6 is 22.6 Å². The van der Waals surface area contributed by atoms with Crippen LogP contribution in [0, 0.1) is 0 Å². The van der Waals surface area contributed by atoms with Crippen molar-refractivity contribution in [3.63, 3.8) is 0 Å². The highest BCUT2D eigenvalue weighted by Gasteiger charge is 2.32. The predicted octanol–water partition coefficient (Wildman–Crippen LogP) is 4.23. The zero-order valence-electron chi connectivity index (χ0n) is 17.7. The average molecular weight is 539 g/mol. The third-order valence-electron chi connectivity index (χ3n) is 4.21. The first-order valence-corrected chi connectivity index (χ1v) is 10.7. The van der Waals surface area contributed by atoms with Gasteiger partial charge >= 0.3 is 5.97 Å². The van der Waals surface area contributed by atoms with E-state index in [0.29, 0.717) is 20.6 Å². The quantitative estimate of drug-likeness (QED) is 0.108. The molecule has 1 atom stereocenters. The van der Waals surface area contributed by atoms with Crippen LogP contribution in [0.15, 0.2) is 63.8 Å². The number of benzene rings is 2. The Bertz CT molecular complexity index is 883. The lowest BCUT2D eigenvalue weighted by atomic mass is 9.96. The highest BCUT2D eigenvalue weighted by molar-refractivity contribution is 14.1. The fourth-order valence-corrected chi connectivity index (χ4v) is 3.55. The summed E-state index contributed by atoms with van der Waals surface area (Å²) in [6.07, 6.45) is 0. The highest BCUT2D eigenvalue weighted by Crippen LogP contribution is 2.26. The molecule has 0 aliphatic rings. The molecule has 1 unspecified atom stereocenters. The fourth-order valence-electron chi connectivity index (χ4n) is 2.78. The summed E-state index contributed by atoms with van der Waals surface area (Å²) in [5.74, 6) is -0.166. The lowest BCUT2D eigenvalue weighted by Gasteiger charge is -2.22. The zero-order chi connectivity index (χ0) is 22.6. The summed E-state index contributed by atoms with van der Waals surface area (Å²) in [7, 11) is 3.09. The van der Waals surface area contributed by atoms with Gasteiger partial charge in [-0.1, -0.05) is 30.3 Å². The summed E-state index contributed by atoms with van der Waals surface area (Å²) in [5.41, 5.74) is 1.36. The summed E-state index contributed by atoms with van der Waals surface area (Å²) in [6.45, 7) is 2.08. The first-order chi connectivity index (χ1) is 15.0. The minimum Gasteiger partial charge on any atom is -0.497 e. The monoisotopic (exact) mass is 539 g/mol. The smallest absolute Gasteiger partial charge is 0.333 e. The molecular formula is C23H26INO6. The van der Waals surface area contributed by atoms with E-state index < -0.39 is 12.0 Å². The lowest BCUT2D eigenvalue weighted by molar-refractivity contribution is -0.143. The van der Waals surface area contributed by atoms with Gasteiger partial charge in [0.2, 0.25) is 0 Å². The Morgan fingerprint density at radius 1 is 1.03 bits per heavy atom. The van der Waals surface area contributed by atoms with Gasteiger partial charge in [-0.3, -0.25) is 4.79 Å². The summed E-state index contributed by atoms with van der Waals surface area (Å²) >= 11 is 2.03. The number of hydrogen-bond donors (Lipinski definition) is 1. The molecule has 0 spiro atoms. The van der Waals surface area contributed by atoms with Crippen molar-refractivity contribution in [3.8, 4) is 5.75 Å². The number of Topliss-reactive ketones (excluding diaryl/α,β-unsaturated/α-hetero) is 1. The number of hydrogen-bond acceptors (Lipinski definition) is 7. The van der Waals surface area contributed by atoms with Crippen LogP contribution in [-0.4, -0.2) is 52.0 Å². The minimum absolute atomic E-state index is 0.0648. The van der Waals surface area contributed by atoms with E-state index in [1.54, 1.807) is 62.6 Å². The predicted molar refractivity (Wildman–Crippen MR) is 127 cm³/mol. The van der Waals surface area contributed by atoms with Crippen molar-refractivity contribution < 1.29 is 28.5 Å². The number of halogens is 1. The molecule has 31 heavy (non-hydrogen) atoms. The Balaban J connectivity index is 2.48. The molecule has 2 aromatic rings. The van der Waals surface area contributed by atoms with Crippen molar-refractivity contribution in [2.45, 2.75) is 13.0 Å². The lowest BCUT2D eigenvalue weighted by Crippen LogP contribution is -2.37. The highest BCUT2D eigenvalue weighted by atomic mass is 127. The van der Waals surface area contributed by atoms with E-state index in [1.807, 2.05) is 28.7 Å². The normalized spacial score (nSPS) is 12.5. The zero-order valence-corrected chi connectivity index (χ0v) is 19.9. The van der Waals surface area contributed by atoms with E-state index in [9.17, 15) is 9.59 Å². The number of carbonyl (C=O) groups is 2. The molecule has 0 fully saturated rings. The summed E-state index contributed by atoms with van der Waals surface area (Å²) < 4.78 is 21.4. The van der Waals surface area contributed by atoms with Crippen molar-refractivity contribution in [2.75, 3.05) is 39.5 Å². The molecule has 0 heterocycles. The number of rotatable bonds is 12. The van der Waals surface area contributed by atoms with E-state index >= 15 is 0 Å². The van der Waals surface area contributed by atoms with Crippen molar-refractivity contribution in [2.24, 2.45) is 0 Å². The largest absolute Gasteiger partial charge is 0.497 e. The second-order valence-electron chi connectivity index (χ2n) is 6.33. The van der Waals surface area contributed by atoms with Gasteiger partial charge < -0.3 is 24.3 Å². The van der Waals surface area contributed by atoms with Gasteiger partial charge in [0.1, 0.15) is 12.5 Å². The van der Waals surface area contributed by atoms with Crippen molar-refractivity contribution in [1.82, 2.24) is 0 Å². The van der Waals surface area contributed by atoms with Crippen molar-refractivity contribution >= 4 is 40.0 Å². The number of ketones is 1. The first kappa shape index (κ1) is 24.8. The van der Waals surface area contributed by atoms with E-state index in [0.717, 1.165) is 0 Å². The Kier molecular flexibility index (Phi) is 10.5. The average Bonchev–Trinajstić information content (AvgIpc) is 2.80. The molecule has 166 valence electrons. The second kappa shape index (κ2) is 13.1. The summed E-state index contributed by atoms with van der Waals surface area (Å²) in [4.78, 5) is 26.4. The van der Waals surface area contributed by atoms with Crippen molar-refractivity contribution in [1.29, 1.82) is 0 Å². The molecular weight excluding hydrogens is 513 g/mol. The Morgan fingerprint density at radius 3 is 2.29 bits per heavy atom. The molecule has 0 saturated carbocycles. The molecule has 0 saturated heterocycles. The van der Waals surface area contributed by atoms with E-state index in [1.165, 1.54) is 7.11 Å². The third-order valence-corrected chi connectivity index (χ3v) is 5.11. The standard InChI is InChI=1S/C23H26INO6/c1-4-31-23(27)21(25-17-10-12-18(29-3)13-11-17)20(19(24)14-30-15-28-2)22(26)16-8-6-5-7-9-16/h5-13,21,25H,4,14-15H2,1-3H3/b20-19+. The van der Waals surface area contributed by atoms with Crippen LogP contribution < -0.4 is 10.1 Å². The number of anilines is 1. The van der Waals surface area contributed by atoms with Crippen LogP contribution in [0.4, 0.5) is 5.69 Å². The summed E-state index contributed by atoms with van der Waals surface area (Å²) in [5, 5.41) is 3.14. The van der Waals surface area contributed by atoms with Gasteiger partial charge in [0, 0.05) is 27.5 Å². The molecule has 0 radical (unpaired) electrons. The topological polar surface area (TPSA) is 83.1 Å². The molecule has 0 bridgehead atoms. The van der Waals surface area contributed by atoms with Gasteiger partial charge in [-0.2, -0.15) is 0 Å². The molecule has 8 heteroatoms. The number of esters is 1. The molecule has 0 amide bonds. The van der Waals surface area contributed by atoms with Crippen molar-refractivity contribution in [3.05, 3.63) is 69.3 Å². The molecule has 0 aromatic heterocycles. The first-order valence-electron chi connectivity index (χ1n) is 9.64. The van der Waals surface area contributed by atoms with E-state index in [-0.39, 0.29) is 31.4 Å². The SMILES string of the molecule is CCOC(=O)C(Nc1ccc(OC)cc1)/C(C(=O)c1ccccc1)=C(\I)COCOC. The number of nitrogens with one attached hydrogen (secondary N) is 1. The van der Waals surface area contributed by atoms with E-state index in [2.05, 4.69) is 5.32 Å². The molecule has 0 aliphatic carbocycles. The third kappa shape index (κ3) is 7.34. The number of carbonyl (C=O) groups excluding carboxylic acids is 2. The fraction of sp³-hybridized carbons (Fsp3) is 0.304. The molecule has 2 rings (SSSR count). The Labute approximate surface area is 195 Å². The maximum Gasteiger partial charge on any atom is 0.333 e. The summed E-state index contributed by atoms with van der Waals surface area (Å²) in [6, 6.07) is 14.8. The molecule has 0 aliphatic heterocycles. The van der Waals surface area contributed by atoms with Gasteiger partial charge in [0.05, 0.1) is 20.3 Å². The van der Waals surface area contributed by atoms with Crippen LogP contribution in [0.25, 0.3) is 0 Å². The second-order valence-corrected chi connectivity index (χ2v) is 7.63. The van der Waals surface area contributed by atoms with Crippen LogP contribution in [0.5, 0.6) is 5.75 Å². The Morgan fingerprint density at radius 2 is 1.71 bits per heavy atom. The van der Waals surface area contributed by atoms with Gasteiger partial charge in [-0.15, -0.1) is 0 Å². The van der Waals surface area contributed by atoms with Gasteiger partial charge in [-0.05, 0) is 53.8 Å². The van der Waals surface area contributed by atoms with E-state index in [4.69, 9.17) is 18.9 Å². The maximum atomic E-state index is 13.4. The Hall–Kier alpha value is -2.43. The van der Waals surface area contributed by atoms with Gasteiger partial charge in [-0.25, -0.2) is 4.79 Å². The van der Waals surface area contributed by atoms with Gasteiger partial charge in [0.15, 0.2) is 11.8 Å². The molecule has 2 aromatic carbocycles. The minimum atomic E-state index is -1.03. The van der Waals surface area contributed by atoms with Crippen LogP contribution in [0.2, 0.25) is 0 Å². The maximum absolute atomic E-state index is 13.4.